The van der Waals surface area contributed by atoms with Gasteiger partial charge >= 0.3 is 0 Å². The number of benzene rings is 1. The van der Waals surface area contributed by atoms with Crippen molar-refractivity contribution < 1.29 is 13.2 Å². The van der Waals surface area contributed by atoms with Gasteiger partial charge in [0.15, 0.2) is 9.84 Å². The molecule has 1 fully saturated rings. The molecule has 3 rings (SSSR count). The highest BCUT2D eigenvalue weighted by Crippen LogP contribution is 2.21. The zero-order valence-electron chi connectivity index (χ0n) is 15.2. The molecule has 0 aliphatic carbocycles. The summed E-state index contributed by atoms with van der Waals surface area (Å²) in [5.41, 5.74) is 3.77. The molecular weight excluding hydrogens is 350 g/mol. The van der Waals surface area contributed by atoms with Crippen LogP contribution in [0.15, 0.2) is 36.5 Å². The summed E-state index contributed by atoms with van der Waals surface area (Å²) in [6.07, 6.45) is 2.07. The fraction of sp³-hybridized carbons (Fsp3) is 0.368. The molecule has 1 atom stereocenters. The van der Waals surface area contributed by atoms with E-state index < -0.39 is 9.84 Å². The van der Waals surface area contributed by atoms with Crippen LogP contribution in [0.4, 0.5) is 11.5 Å². The lowest BCUT2D eigenvalue weighted by Gasteiger charge is -2.23. The number of hydrogen-bond acceptors (Lipinski definition) is 5. The van der Waals surface area contributed by atoms with Crippen LogP contribution in [0.25, 0.3) is 0 Å². The van der Waals surface area contributed by atoms with Crippen LogP contribution in [0.3, 0.4) is 0 Å². The number of hydrogen-bond donors (Lipinski definition) is 1. The fourth-order valence-electron chi connectivity index (χ4n) is 3.05. The highest BCUT2D eigenvalue weighted by Gasteiger charge is 2.33. The van der Waals surface area contributed by atoms with Crippen LogP contribution in [-0.4, -0.2) is 48.8 Å². The first kappa shape index (κ1) is 18.4. The zero-order valence-corrected chi connectivity index (χ0v) is 16.0. The maximum absolute atomic E-state index is 12.7. The summed E-state index contributed by atoms with van der Waals surface area (Å²) >= 11 is 0. The highest BCUT2D eigenvalue weighted by molar-refractivity contribution is 7.91. The van der Waals surface area contributed by atoms with Crippen molar-refractivity contribution in [3.8, 4) is 0 Å². The van der Waals surface area contributed by atoms with Crippen molar-refractivity contribution in [2.75, 3.05) is 23.9 Å². The second kappa shape index (κ2) is 7.07. The van der Waals surface area contributed by atoms with Gasteiger partial charge in [-0.05, 0) is 55.7 Å². The van der Waals surface area contributed by atoms with Crippen LogP contribution in [0, 0.1) is 13.8 Å². The maximum atomic E-state index is 12.7. The summed E-state index contributed by atoms with van der Waals surface area (Å²) < 4.78 is 23.3. The molecule has 1 aliphatic heterocycles. The standard InChI is InChI=1S/C19H23N3O3S/c1-13-4-5-16(10-14(13)2)21-18-11-15(6-8-20-18)19(23)22(3)17-7-9-26(24,25)12-17/h4-6,8,10-11,17H,7,9,12H2,1-3H3,(H,20,21). The Kier molecular flexibility index (Phi) is 5.00. The van der Waals surface area contributed by atoms with Crippen LogP contribution < -0.4 is 5.32 Å². The fourth-order valence-corrected chi connectivity index (χ4v) is 4.82. The molecule has 1 aromatic carbocycles. The third kappa shape index (κ3) is 4.04. The lowest BCUT2D eigenvalue weighted by atomic mass is 10.1. The molecule has 1 N–H and O–H groups in total. The van der Waals surface area contributed by atoms with E-state index in [0.29, 0.717) is 17.8 Å². The van der Waals surface area contributed by atoms with E-state index in [1.165, 1.54) is 16.0 Å². The second-order valence-electron chi connectivity index (χ2n) is 6.83. The predicted molar refractivity (Wildman–Crippen MR) is 103 cm³/mol. The number of aryl methyl sites for hydroxylation is 2. The lowest BCUT2D eigenvalue weighted by molar-refractivity contribution is 0.0747. The van der Waals surface area contributed by atoms with Crippen molar-refractivity contribution in [2.45, 2.75) is 26.3 Å². The van der Waals surface area contributed by atoms with Crippen LogP contribution in [0.1, 0.15) is 27.9 Å². The van der Waals surface area contributed by atoms with E-state index >= 15 is 0 Å². The molecule has 0 bridgehead atoms. The van der Waals surface area contributed by atoms with Crippen LogP contribution >= 0.6 is 0 Å². The molecule has 138 valence electrons. The van der Waals surface area contributed by atoms with Crippen molar-refractivity contribution in [3.63, 3.8) is 0 Å². The summed E-state index contributed by atoms with van der Waals surface area (Å²) in [4.78, 5) is 18.5. The molecule has 6 nitrogen and oxygen atoms in total. The molecule has 0 saturated carbocycles. The van der Waals surface area contributed by atoms with Gasteiger partial charge in [-0.25, -0.2) is 13.4 Å². The molecule has 0 spiro atoms. The Bertz CT molecular complexity index is 941. The second-order valence-corrected chi connectivity index (χ2v) is 9.06. The van der Waals surface area contributed by atoms with Gasteiger partial charge in [0.1, 0.15) is 5.82 Å². The number of sulfone groups is 1. The van der Waals surface area contributed by atoms with E-state index in [4.69, 9.17) is 0 Å². The van der Waals surface area contributed by atoms with Crippen LogP contribution in [0.5, 0.6) is 0 Å². The average Bonchev–Trinajstić information content (AvgIpc) is 2.97. The Morgan fingerprint density at radius 2 is 1.96 bits per heavy atom. The number of nitrogens with zero attached hydrogens (tertiary/aromatic N) is 2. The molecule has 1 saturated heterocycles. The molecule has 2 heterocycles. The van der Waals surface area contributed by atoms with Crippen molar-refractivity contribution in [3.05, 3.63) is 53.2 Å². The van der Waals surface area contributed by atoms with Gasteiger partial charge in [0.05, 0.1) is 11.5 Å². The normalized spacial score (nSPS) is 18.5. The number of rotatable bonds is 4. The van der Waals surface area contributed by atoms with Gasteiger partial charge in [0, 0.05) is 30.5 Å². The van der Waals surface area contributed by atoms with E-state index in [1.807, 2.05) is 25.1 Å². The molecular formula is C19H23N3O3S. The summed E-state index contributed by atoms with van der Waals surface area (Å²) in [6, 6.07) is 9.10. The highest BCUT2D eigenvalue weighted by atomic mass is 32.2. The molecule has 1 aromatic heterocycles. The van der Waals surface area contributed by atoms with Gasteiger partial charge in [-0.15, -0.1) is 0 Å². The van der Waals surface area contributed by atoms with Gasteiger partial charge in [-0.3, -0.25) is 4.79 Å². The summed E-state index contributed by atoms with van der Waals surface area (Å²) in [5, 5.41) is 3.21. The number of aromatic nitrogens is 1. The van der Waals surface area contributed by atoms with Crippen molar-refractivity contribution in [1.29, 1.82) is 0 Å². The number of carbonyl (C=O) groups excluding carboxylic acids is 1. The minimum absolute atomic E-state index is 0.0358. The Morgan fingerprint density at radius 1 is 1.19 bits per heavy atom. The molecule has 0 radical (unpaired) electrons. The lowest BCUT2D eigenvalue weighted by Crippen LogP contribution is -2.37. The van der Waals surface area contributed by atoms with Gasteiger partial charge < -0.3 is 10.2 Å². The number of pyridine rings is 1. The monoisotopic (exact) mass is 373 g/mol. The van der Waals surface area contributed by atoms with Crippen molar-refractivity contribution in [1.82, 2.24) is 9.88 Å². The minimum atomic E-state index is -3.03. The molecule has 1 amide bonds. The van der Waals surface area contributed by atoms with E-state index in [-0.39, 0.29) is 23.5 Å². The minimum Gasteiger partial charge on any atom is -0.340 e. The van der Waals surface area contributed by atoms with E-state index in [2.05, 4.69) is 17.2 Å². The van der Waals surface area contributed by atoms with Gasteiger partial charge in [-0.2, -0.15) is 0 Å². The number of nitrogens with one attached hydrogen (secondary N) is 1. The Hall–Kier alpha value is -2.41. The summed E-state index contributed by atoms with van der Waals surface area (Å²) in [6.45, 7) is 4.09. The molecule has 26 heavy (non-hydrogen) atoms. The SMILES string of the molecule is Cc1ccc(Nc2cc(C(=O)N(C)C3CCS(=O)(=O)C3)ccn2)cc1C. The Labute approximate surface area is 154 Å². The van der Waals surface area contributed by atoms with Crippen LogP contribution in [0.2, 0.25) is 0 Å². The van der Waals surface area contributed by atoms with Gasteiger partial charge in [0.25, 0.3) is 5.91 Å². The topological polar surface area (TPSA) is 79.4 Å². The third-order valence-electron chi connectivity index (χ3n) is 4.86. The van der Waals surface area contributed by atoms with E-state index in [9.17, 15) is 13.2 Å². The third-order valence-corrected chi connectivity index (χ3v) is 6.61. The van der Waals surface area contributed by atoms with Gasteiger partial charge in [0.2, 0.25) is 0 Å². The average molecular weight is 373 g/mol. The summed E-state index contributed by atoms with van der Waals surface area (Å²) in [5.74, 6) is 0.559. The van der Waals surface area contributed by atoms with E-state index in [0.717, 1.165) is 5.69 Å². The first-order valence-corrected chi connectivity index (χ1v) is 10.4. The largest absolute Gasteiger partial charge is 0.340 e. The quantitative estimate of drug-likeness (QED) is 0.891. The molecule has 1 aliphatic rings. The first-order chi connectivity index (χ1) is 12.2. The van der Waals surface area contributed by atoms with Crippen molar-refractivity contribution in [2.24, 2.45) is 0 Å². The Balaban J connectivity index is 1.76. The number of amides is 1. The van der Waals surface area contributed by atoms with E-state index in [1.54, 1.807) is 25.4 Å². The summed E-state index contributed by atoms with van der Waals surface area (Å²) in [7, 11) is -1.37. The zero-order chi connectivity index (χ0) is 18.9. The molecule has 7 heteroatoms. The number of anilines is 2. The maximum Gasteiger partial charge on any atom is 0.254 e. The van der Waals surface area contributed by atoms with Crippen LogP contribution in [-0.2, 0) is 9.84 Å². The Morgan fingerprint density at radius 3 is 2.62 bits per heavy atom. The number of carbonyl (C=O) groups is 1. The molecule has 2 aromatic rings. The molecule has 1 unspecified atom stereocenters. The predicted octanol–water partition coefficient (Wildman–Crippen LogP) is 2.70. The van der Waals surface area contributed by atoms with Crippen molar-refractivity contribution >= 4 is 27.2 Å². The smallest absolute Gasteiger partial charge is 0.254 e. The van der Waals surface area contributed by atoms with Gasteiger partial charge in [-0.1, -0.05) is 6.07 Å². The first-order valence-electron chi connectivity index (χ1n) is 8.53.